The molecule has 1 heterocycles. The zero-order chi connectivity index (χ0) is 14.3. The van der Waals surface area contributed by atoms with Crippen LogP contribution in [0.4, 0.5) is 8.78 Å². The van der Waals surface area contributed by atoms with Crippen LogP contribution in [0.5, 0.6) is 5.75 Å². The van der Waals surface area contributed by atoms with E-state index in [0.29, 0.717) is 23.3 Å². The van der Waals surface area contributed by atoms with Crippen molar-refractivity contribution in [1.82, 2.24) is 0 Å². The standard InChI is InChI=1S/C16H14F2O2/c1-9-2-3-10(17)6-13(9)16-8-14(19)12-5-4-11(18)7-15(12)20-16/h2-7,14,16,19H,8H2,1H3/t14-,16?/m0/s1. The van der Waals surface area contributed by atoms with Gasteiger partial charge in [-0.15, -0.1) is 0 Å². The van der Waals surface area contributed by atoms with Crippen molar-refractivity contribution in [1.29, 1.82) is 0 Å². The van der Waals surface area contributed by atoms with Crippen molar-refractivity contribution in [2.45, 2.75) is 25.6 Å². The van der Waals surface area contributed by atoms with Crippen molar-refractivity contribution in [3.8, 4) is 5.75 Å². The zero-order valence-electron chi connectivity index (χ0n) is 10.9. The van der Waals surface area contributed by atoms with Crippen LogP contribution in [0, 0.1) is 18.6 Å². The van der Waals surface area contributed by atoms with Crippen LogP contribution in [0.2, 0.25) is 0 Å². The van der Waals surface area contributed by atoms with Crippen LogP contribution in [0.1, 0.15) is 35.3 Å². The first-order chi connectivity index (χ1) is 9.54. The molecule has 2 atom stereocenters. The van der Waals surface area contributed by atoms with Gasteiger partial charge in [0.15, 0.2) is 0 Å². The van der Waals surface area contributed by atoms with Crippen molar-refractivity contribution in [2.24, 2.45) is 0 Å². The molecule has 2 aromatic rings. The number of benzene rings is 2. The van der Waals surface area contributed by atoms with Gasteiger partial charge in [-0.2, -0.15) is 0 Å². The maximum absolute atomic E-state index is 13.4. The summed E-state index contributed by atoms with van der Waals surface area (Å²) >= 11 is 0. The molecule has 0 spiro atoms. The Kier molecular flexibility index (Phi) is 3.18. The van der Waals surface area contributed by atoms with E-state index < -0.39 is 18.0 Å². The highest BCUT2D eigenvalue weighted by Crippen LogP contribution is 2.41. The Hall–Kier alpha value is -1.94. The van der Waals surface area contributed by atoms with E-state index in [2.05, 4.69) is 0 Å². The molecule has 2 aromatic carbocycles. The minimum Gasteiger partial charge on any atom is -0.485 e. The second-order valence-electron chi connectivity index (χ2n) is 5.04. The molecular formula is C16H14F2O2. The zero-order valence-corrected chi connectivity index (χ0v) is 10.9. The fraction of sp³-hybridized carbons (Fsp3) is 0.250. The fourth-order valence-electron chi connectivity index (χ4n) is 2.57. The maximum Gasteiger partial charge on any atom is 0.128 e. The van der Waals surface area contributed by atoms with Crippen molar-refractivity contribution in [3.63, 3.8) is 0 Å². The van der Waals surface area contributed by atoms with Crippen molar-refractivity contribution in [2.75, 3.05) is 0 Å². The van der Waals surface area contributed by atoms with Gasteiger partial charge in [-0.05, 0) is 42.3 Å². The summed E-state index contributed by atoms with van der Waals surface area (Å²) in [5.74, 6) is -0.460. The molecule has 0 saturated carbocycles. The summed E-state index contributed by atoms with van der Waals surface area (Å²) in [7, 11) is 0. The summed E-state index contributed by atoms with van der Waals surface area (Å²) in [5, 5.41) is 10.1. The Bertz CT molecular complexity index is 655. The number of halogens is 2. The lowest BCUT2D eigenvalue weighted by atomic mass is 9.93. The third-order valence-corrected chi connectivity index (χ3v) is 3.63. The molecule has 1 aliphatic rings. The maximum atomic E-state index is 13.4. The van der Waals surface area contributed by atoms with Crippen LogP contribution < -0.4 is 4.74 Å². The first kappa shape index (κ1) is 13.1. The van der Waals surface area contributed by atoms with Gasteiger partial charge >= 0.3 is 0 Å². The van der Waals surface area contributed by atoms with E-state index in [1.54, 1.807) is 6.07 Å². The molecule has 1 aliphatic heterocycles. The van der Waals surface area contributed by atoms with Gasteiger partial charge in [0.2, 0.25) is 0 Å². The number of fused-ring (bicyclic) bond motifs is 1. The van der Waals surface area contributed by atoms with Gasteiger partial charge in [0.1, 0.15) is 23.5 Å². The van der Waals surface area contributed by atoms with E-state index in [1.807, 2.05) is 6.92 Å². The Balaban J connectivity index is 2.00. The number of hydrogen-bond donors (Lipinski definition) is 1. The molecule has 0 amide bonds. The highest BCUT2D eigenvalue weighted by Gasteiger charge is 2.29. The predicted octanol–water partition coefficient (Wildman–Crippen LogP) is 3.83. The van der Waals surface area contributed by atoms with Gasteiger partial charge in [0.05, 0.1) is 6.10 Å². The Labute approximate surface area is 115 Å². The summed E-state index contributed by atoms with van der Waals surface area (Å²) in [5.41, 5.74) is 2.12. The monoisotopic (exact) mass is 276 g/mol. The molecule has 0 saturated heterocycles. The molecule has 20 heavy (non-hydrogen) atoms. The minimum atomic E-state index is -0.744. The van der Waals surface area contributed by atoms with E-state index in [-0.39, 0.29) is 5.82 Å². The van der Waals surface area contributed by atoms with Crippen LogP contribution in [0.15, 0.2) is 36.4 Å². The molecule has 1 unspecified atom stereocenters. The van der Waals surface area contributed by atoms with Gasteiger partial charge in [-0.3, -0.25) is 0 Å². The number of aryl methyl sites for hydroxylation is 1. The van der Waals surface area contributed by atoms with Crippen LogP contribution >= 0.6 is 0 Å². The second kappa shape index (κ2) is 4.87. The molecule has 3 rings (SSSR count). The Morgan fingerprint density at radius 1 is 1.05 bits per heavy atom. The molecule has 0 fully saturated rings. The van der Waals surface area contributed by atoms with Gasteiger partial charge in [-0.25, -0.2) is 8.78 Å². The van der Waals surface area contributed by atoms with Gasteiger partial charge in [-0.1, -0.05) is 6.07 Å². The Morgan fingerprint density at radius 2 is 1.75 bits per heavy atom. The van der Waals surface area contributed by atoms with Gasteiger partial charge in [0.25, 0.3) is 0 Å². The van der Waals surface area contributed by atoms with Crippen LogP contribution in [-0.2, 0) is 0 Å². The average molecular weight is 276 g/mol. The quantitative estimate of drug-likeness (QED) is 0.857. The third kappa shape index (κ3) is 2.27. The lowest BCUT2D eigenvalue weighted by molar-refractivity contribution is 0.0649. The molecule has 0 bridgehead atoms. The van der Waals surface area contributed by atoms with Crippen molar-refractivity contribution in [3.05, 3.63) is 64.7 Å². The predicted molar refractivity (Wildman–Crippen MR) is 70.5 cm³/mol. The van der Waals surface area contributed by atoms with Gasteiger partial charge < -0.3 is 9.84 Å². The summed E-state index contributed by atoms with van der Waals surface area (Å²) in [4.78, 5) is 0. The first-order valence-corrected chi connectivity index (χ1v) is 6.45. The minimum absolute atomic E-state index is 0.317. The second-order valence-corrected chi connectivity index (χ2v) is 5.04. The lowest BCUT2D eigenvalue weighted by Crippen LogP contribution is -2.20. The number of aliphatic hydroxyl groups is 1. The van der Waals surface area contributed by atoms with E-state index >= 15 is 0 Å². The molecule has 0 aromatic heterocycles. The molecule has 1 N–H and O–H groups in total. The lowest BCUT2D eigenvalue weighted by Gasteiger charge is -2.30. The summed E-state index contributed by atoms with van der Waals surface area (Å²) in [6.07, 6.45) is -0.898. The summed E-state index contributed by atoms with van der Waals surface area (Å²) < 4.78 is 32.4. The molecule has 0 aliphatic carbocycles. The largest absolute Gasteiger partial charge is 0.485 e. The highest BCUT2D eigenvalue weighted by atomic mass is 19.1. The summed E-state index contributed by atoms with van der Waals surface area (Å²) in [6.45, 7) is 1.85. The van der Waals surface area contributed by atoms with E-state index in [9.17, 15) is 13.9 Å². The number of rotatable bonds is 1. The van der Waals surface area contributed by atoms with Crippen molar-refractivity contribution < 1.29 is 18.6 Å². The molecular weight excluding hydrogens is 262 g/mol. The third-order valence-electron chi connectivity index (χ3n) is 3.63. The molecule has 2 nitrogen and oxygen atoms in total. The highest BCUT2D eigenvalue weighted by molar-refractivity contribution is 5.40. The van der Waals surface area contributed by atoms with Gasteiger partial charge in [0, 0.05) is 18.1 Å². The molecule has 104 valence electrons. The van der Waals surface area contributed by atoms with Crippen molar-refractivity contribution >= 4 is 0 Å². The fourth-order valence-corrected chi connectivity index (χ4v) is 2.57. The van der Waals surface area contributed by atoms with E-state index in [0.717, 1.165) is 5.56 Å². The molecule has 4 heteroatoms. The van der Waals surface area contributed by atoms with E-state index in [4.69, 9.17) is 4.74 Å². The summed E-state index contributed by atoms with van der Waals surface area (Å²) in [6, 6.07) is 8.51. The smallest absolute Gasteiger partial charge is 0.128 e. The first-order valence-electron chi connectivity index (χ1n) is 6.45. The van der Waals surface area contributed by atoms with E-state index in [1.165, 1.54) is 30.3 Å². The van der Waals surface area contributed by atoms with Crippen LogP contribution in [-0.4, -0.2) is 5.11 Å². The number of hydrogen-bond acceptors (Lipinski definition) is 2. The number of ether oxygens (including phenoxy) is 1. The topological polar surface area (TPSA) is 29.5 Å². The number of aliphatic hydroxyl groups excluding tert-OH is 1. The SMILES string of the molecule is Cc1ccc(F)cc1C1C[C@H](O)c2ccc(F)cc2O1. The average Bonchev–Trinajstić information content (AvgIpc) is 2.41. The Morgan fingerprint density at radius 3 is 2.55 bits per heavy atom. The van der Waals surface area contributed by atoms with Crippen LogP contribution in [0.25, 0.3) is 0 Å². The molecule has 0 radical (unpaired) electrons. The normalized spacial score (nSPS) is 21.2. The van der Waals surface area contributed by atoms with Crippen LogP contribution in [0.3, 0.4) is 0 Å².